The second-order valence-corrected chi connectivity index (χ2v) is 6.62. The summed E-state index contributed by atoms with van der Waals surface area (Å²) in [5.41, 5.74) is 1.78. The highest BCUT2D eigenvalue weighted by atomic mass is 35.5. The zero-order valence-corrected chi connectivity index (χ0v) is 16.7. The van der Waals surface area contributed by atoms with Crippen LogP contribution in [0.1, 0.15) is 18.9 Å². The number of halogens is 1. The van der Waals surface area contributed by atoms with Gasteiger partial charge in [0.2, 0.25) is 0 Å². The highest BCUT2D eigenvalue weighted by Gasteiger charge is 2.38. The molecule has 2 aromatic carbocycles. The third-order valence-corrected chi connectivity index (χ3v) is 4.71. The average Bonchev–Trinajstić information content (AvgIpc) is 2.93. The Morgan fingerprint density at radius 2 is 1.71 bits per heavy atom. The molecule has 0 bridgehead atoms. The molecule has 0 saturated heterocycles. The van der Waals surface area contributed by atoms with Crippen LogP contribution in [0.4, 0.5) is 5.69 Å². The van der Waals surface area contributed by atoms with E-state index in [0.29, 0.717) is 46.3 Å². The molecule has 1 N–H and O–H groups in total. The smallest absolute Gasteiger partial charge is 0.278 e. The summed E-state index contributed by atoms with van der Waals surface area (Å²) in [6, 6.07) is 12.1. The van der Waals surface area contributed by atoms with Crippen LogP contribution in [0.25, 0.3) is 5.57 Å². The van der Waals surface area contributed by atoms with Gasteiger partial charge in [0.25, 0.3) is 11.8 Å². The highest BCUT2D eigenvalue weighted by Crippen LogP contribution is 2.33. The van der Waals surface area contributed by atoms with Gasteiger partial charge < -0.3 is 14.8 Å². The van der Waals surface area contributed by atoms with E-state index in [-0.39, 0.29) is 17.5 Å². The fourth-order valence-corrected chi connectivity index (χ4v) is 3.29. The normalized spacial score (nSPS) is 13.9. The lowest BCUT2D eigenvalue weighted by molar-refractivity contribution is -0.136. The number of hydrogen-bond donors (Lipinski definition) is 1. The molecule has 1 aliphatic rings. The topological polar surface area (TPSA) is 67.9 Å². The predicted octanol–water partition coefficient (Wildman–Crippen LogP) is 3.96. The molecule has 2 amide bonds. The Labute approximate surface area is 168 Å². The molecule has 28 heavy (non-hydrogen) atoms. The Bertz CT molecular complexity index is 938. The number of nitrogens with zero attached hydrogens (tertiary/aromatic N) is 1. The van der Waals surface area contributed by atoms with Crippen LogP contribution in [-0.4, -0.2) is 37.5 Å². The van der Waals surface area contributed by atoms with E-state index < -0.39 is 0 Å². The minimum atomic E-state index is -0.357. The van der Waals surface area contributed by atoms with Crippen molar-refractivity contribution in [3.63, 3.8) is 0 Å². The van der Waals surface area contributed by atoms with Crippen LogP contribution in [0.15, 0.2) is 48.2 Å². The second-order valence-electron chi connectivity index (χ2n) is 6.21. The third kappa shape index (κ3) is 3.68. The standard InChI is InChI=1S/C21H21ClN2O4/c1-4-11-24-20(25)18(13-5-8-15(27-2)9-6-13)19(21(24)26)23-14-7-10-17(28-3)16(22)12-14/h5-10,12,23H,4,11H2,1-3H3. The van der Waals surface area contributed by atoms with Gasteiger partial charge in [0.05, 0.1) is 24.8 Å². The SMILES string of the molecule is CCCN1C(=O)C(Nc2ccc(OC)c(Cl)c2)=C(c2ccc(OC)cc2)C1=O. The molecule has 0 radical (unpaired) electrons. The Morgan fingerprint density at radius 3 is 2.29 bits per heavy atom. The number of rotatable bonds is 7. The maximum atomic E-state index is 13.0. The van der Waals surface area contributed by atoms with Gasteiger partial charge in [-0.3, -0.25) is 14.5 Å². The minimum Gasteiger partial charge on any atom is -0.497 e. The Hall–Kier alpha value is -2.99. The van der Waals surface area contributed by atoms with Gasteiger partial charge in [0, 0.05) is 12.2 Å². The zero-order chi connectivity index (χ0) is 20.3. The molecule has 0 aromatic heterocycles. The number of nitrogens with one attached hydrogen (secondary N) is 1. The zero-order valence-electron chi connectivity index (χ0n) is 15.9. The lowest BCUT2D eigenvalue weighted by Crippen LogP contribution is -2.33. The number of anilines is 1. The van der Waals surface area contributed by atoms with Crippen molar-refractivity contribution in [2.45, 2.75) is 13.3 Å². The number of hydrogen-bond acceptors (Lipinski definition) is 5. The average molecular weight is 401 g/mol. The molecule has 146 valence electrons. The van der Waals surface area contributed by atoms with E-state index in [1.54, 1.807) is 49.6 Å². The van der Waals surface area contributed by atoms with E-state index in [4.69, 9.17) is 21.1 Å². The molecule has 0 unspecified atom stereocenters. The number of ether oxygens (including phenoxy) is 2. The summed E-state index contributed by atoms with van der Waals surface area (Å²) in [5.74, 6) is 0.518. The molecule has 0 spiro atoms. The third-order valence-electron chi connectivity index (χ3n) is 4.42. The molecule has 3 rings (SSSR count). The molecule has 0 atom stereocenters. The molecule has 0 fully saturated rings. The van der Waals surface area contributed by atoms with Gasteiger partial charge in [-0.25, -0.2) is 0 Å². The number of carbonyl (C=O) groups is 2. The lowest BCUT2D eigenvalue weighted by atomic mass is 10.0. The van der Waals surface area contributed by atoms with Crippen LogP contribution in [0.2, 0.25) is 5.02 Å². The predicted molar refractivity (Wildman–Crippen MR) is 109 cm³/mol. The summed E-state index contributed by atoms with van der Waals surface area (Å²) in [5, 5.41) is 3.48. The molecular weight excluding hydrogens is 380 g/mol. The van der Waals surface area contributed by atoms with Gasteiger partial charge in [0.15, 0.2) is 0 Å². The molecule has 7 heteroatoms. The van der Waals surface area contributed by atoms with Crippen molar-refractivity contribution < 1.29 is 19.1 Å². The fraction of sp³-hybridized carbons (Fsp3) is 0.238. The summed E-state index contributed by atoms with van der Waals surface area (Å²) in [6.07, 6.45) is 0.676. The first-order valence-corrected chi connectivity index (χ1v) is 9.23. The second kappa shape index (κ2) is 8.35. The van der Waals surface area contributed by atoms with E-state index in [1.165, 1.54) is 12.0 Å². The van der Waals surface area contributed by atoms with E-state index in [1.807, 2.05) is 6.92 Å². The van der Waals surface area contributed by atoms with Crippen molar-refractivity contribution in [1.29, 1.82) is 0 Å². The van der Waals surface area contributed by atoms with Crippen LogP contribution in [0, 0.1) is 0 Å². The summed E-state index contributed by atoms with van der Waals surface area (Å²) in [4.78, 5) is 27.1. The number of benzene rings is 2. The Balaban J connectivity index is 2.04. The first kappa shape index (κ1) is 19.8. The molecule has 2 aromatic rings. The van der Waals surface area contributed by atoms with Crippen molar-refractivity contribution in [3.05, 3.63) is 58.7 Å². The highest BCUT2D eigenvalue weighted by molar-refractivity contribution is 6.36. The monoisotopic (exact) mass is 400 g/mol. The van der Waals surface area contributed by atoms with Crippen LogP contribution >= 0.6 is 11.6 Å². The number of amides is 2. The molecule has 1 aliphatic heterocycles. The summed E-state index contributed by atoms with van der Waals surface area (Å²) >= 11 is 6.19. The van der Waals surface area contributed by atoms with Crippen molar-refractivity contribution in [1.82, 2.24) is 4.90 Å². The number of methoxy groups -OCH3 is 2. The van der Waals surface area contributed by atoms with Crippen LogP contribution in [0.5, 0.6) is 11.5 Å². The van der Waals surface area contributed by atoms with Crippen LogP contribution in [-0.2, 0) is 9.59 Å². The van der Waals surface area contributed by atoms with Gasteiger partial charge in [-0.2, -0.15) is 0 Å². The Morgan fingerprint density at radius 1 is 1.00 bits per heavy atom. The maximum absolute atomic E-state index is 13.0. The lowest BCUT2D eigenvalue weighted by Gasteiger charge is -2.14. The molecule has 6 nitrogen and oxygen atoms in total. The first-order chi connectivity index (χ1) is 13.5. The summed E-state index contributed by atoms with van der Waals surface area (Å²) < 4.78 is 10.3. The van der Waals surface area contributed by atoms with Crippen LogP contribution in [0.3, 0.4) is 0 Å². The van der Waals surface area contributed by atoms with Crippen molar-refractivity contribution in [2.24, 2.45) is 0 Å². The van der Waals surface area contributed by atoms with Crippen LogP contribution < -0.4 is 14.8 Å². The number of imide groups is 1. The molecule has 0 aliphatic carbocycles. The Kier molecular flexibility index (Phi) is 5.90. The van der Waals surface area contributed by atoms with Crippen molar-refractivity contribution in [3.8, 4) is 11.5 Å². The fourth-order valence-electron chi connectivity index (χ4n) is 3.03. The number of carbonyl (C=O) groups excluding carboxylic acids is 2. The molecule has 1 heterocycles. The van der Waals surface area contributed by atoms with Gasteiger partial charge in [0.1, 0.15) is 17.2 Å². The van der Waals surface area contributed by atoms with Gasteiger partial charge in [-0.05, 0) is 42.3 Å². The van der Waals surface area contributed by atoms with E-state index in [0.717, 1.165) is 0 Å². The van der Waals surface area contributed by atoms with E-state index in [2.05, 4.69) is 5.32 Å². The van der Waals surface area contributed by atoms with Crippen molar-refractivity contribution >= 4 is 34.7 Å². The first-order valence-electron chi connectivity index (χ1n) is 8.85. The van der Waals surface area contributed by atoms with Gasteiger partial charge in [-0.1, -0.05) is 30.7 Å². The largest absolute Gasteiger partial charge is 0.497 e. The molecular formula is C21H21ClN2O4. The molecule has 0 saturated carbocycles. The van der Waals surface area contributed by atoms with E-state index >= 15 is 0 Å². The summed E-state index contributed by atoms with van der Waals surface area (Å²) in [7, 11) is 3.10. The van der Waals surface area contributed by atoms with Crippen molar-refractivity contribution in [2.75, 3.05) is 26.1 Å². The van der Waals surface area contributed by atoms with E-state index in [9.17, 15) is 9.59 Å². The minimum absolute atomic E-state index is 0.227. The quantitative estimate of drug-likeness (QED) is 0.712. The summed E-state index contributed by atoms with van der Waals surface area (Å²) in [6.45, 7) is 2.27. The maximum Gasteiger partial charge on any atom is 0.278 e. The van der Waals surface area contributed by atoms with Gasteiger partial charge in [-0.15, -0.1) is 0 Å². The van der Waals surface area contributed by atoms with Gasteiger partial charge >= 0.3 is 0 Å².